The molecule has 0 aliphatic heterocycles. The van der Waals surface area contributed by atoms with Crippen molar-refractivity contribution in [1.29, 1.82) is 5.26 Å². The molecule has 0 atom stereocenters. The standard InChI is InChI=1S/C17H21FN2O4/c1-16(2,3)23-14(21)12-11(8-7-10(9-19)13(12)18)20-15(22)24-17(4,5)6/h7-8H,1-6H3,(H,20,22). The number of ether oxygens (including phenoxy) is 2. The summed E-state index contributed by atoms with van der Waals surface area (Å²) in [6, 6.07) is 4.06. The number of carbonyl (C=O) groups is 2. The number of esters is 1. The number of hydrogen-bond acceptors (Lipinski definition) is 5. The predicted octanol–water partition coefficient (Wildman–Crippen LogP) is 4.00. The second kappa shape index (κ2) is 6.87. The van der Waals surface area contributed by atoms with Crippen molar-refractivity contribution in [2.24, 2.45) is 0 Å². The third-order valence-electron chi connectivity index (χ3n) is 2.50. The average molecular weight is 336 g/mol. The predicted molar refractivity (Wildman–Crippen MR) is 86.1 cm³/mol. The zero-order valence-electron chi connectivity index (χ0n) is 14.6. The van der Waals surface area contributed by atoms with Crippen molar-refractivity contribution in [1.82, 2.24) is 0 Å². The Kier molecular flexibility index (Phi) is 5.56. The van der Waals surface area contributed by atoms with Crippen molar-refractivity contribution in [3.8, 4) is 6.07 Å². The van der Waals surface area contributed by atoms with E-state index in [9.17, 15) is 14.0 Å². The minimum absolute atomic E-state index is 0.130. The summed E-state index contributed by atoms with van der Waals surface area (Å²) in [6.07, 6.45) is -0.851. The summed E-state index contributed by atoms with van der Waals surface area (Å²) in [5.41, 5.74) is -2.60. The zero-order valence-corrected chi connectivity index (χ0v) is 14.6. The van der Waals surface area contributed by atoms with Crippen LogP contribution < -0.4 is 5.32 Å². The average Bonchev–Trinajstić information content (AvgIpc) is 2.34. The first-order valence-electron chi connectivity index (χ1n) is 7.30. The topological polar surface area (TPSA) is 88.4 Å². The smallest absolute Gasteiger partial charge is 0.412 e. The van der Waals surface area contributed by atoms with Crippen molar-refractivity contribution in [3.63, 3.8) is 0 Å². The summed E-state index contributed by atoms with van der Waals surface area (Å²) < 4.78 is 24.7. The number of halogens is 1. The van der Waals surface area contributed by atoms with E-state index in [1.165, 1.54) is 6.07 Å². The van der Waals surface area contributed by atoms with E-state index in [-0.39, 0.29) is 11.3 Å². The summed E-state index contributed by atoms with van der Waals surface area (Å²) in [5.74, 6) is -2.04. The third-order valence-corrected chi connectivity index (χ3v) is 2.50. The van der Waals surface area contributed by atoms with Gasteiger partial charge in [0.25, 0.3) is 0 Å². The largest absolute Gasteiger partial charge is 0.456 e. The Balaban J connectivity index is 3.26. The first kappa shape index (κ1) is 19.4. The highest BCUT2D eigenvalue weighted by atomic mass is 19.1. The highest BCUT2D eigenvalue weighted by Crippen LogP contribution is 2.25. The van der Waals surface area contributed by atoms with Crippen LogP contribution >= 0.6 is 0 Å². The number of benzene rings is 1. The fourth-order valence-corrected chi connectivity index (χ4v) is 1.71. The van der Waals surface area contributed by atoms with Gasteiger partial charge >= 0.3 is 12.1 Å². The fraction of sp³-hybridized carbons (Fsp3) is 0.471. The van der Waals surface area contributed by atoms with Crippen LogP contribution in [0.4, 0.5) is 14.9 Å². The molecule has 1 aromatic carbocycles. The minimum atomic E-state index is -1.06. The van der Waals surface area contributed by atoms with Crippen molar-refractivity contribution in [2.45, 2.75) is 52.7 Å². The molecule has 0 radical (unpaired) electrons. The van der Waals surface area contributed by atoms with Crippen LogP contribution in [0.15, 0.2) is 12.1 Å². The molecule has 6 nitrogen and oxygen atoms in total. The molecule has 0 bridgehead atoms. The van der Waals surface area contributed by atoms with Crippen molar-refractivity contribution in [2.75, 3.05) is 5.32 Å². The molecule has 130 valence electrons. The van der Waals surface area contributed by atoms with Gasteiger partial charge in [-0.25, -0.2) is 14.0 Å². The quantitative estimate of drug-likeness (QED) is 0.825. The molecule has 1 rings (SSSR count). The molecule has 24 heavy (non-hydrogen) atoms. The fourth-order valence-electron chi connectivity index (χ4n) is 1.71. The summed E-state index contributed by atoms with van der Waals surface area (Å²) in [6.45, 7) is 9.87. The number of anilines is 1. The summed E-state index contributed by atoms with van der Waals surface area (Å²) >= 11 is 0. The normalized spacial score (nSPS) is 11.4. The second-order valence-corrected chi connectivity index (χ2v) is 7.09. The van der Waals surface area contributed by atoms with E-state index < -0.39 is 34.6 Å². The Morgan fingerprint density at radius 1 is 1.08 bits per heavy atom. The Hall–Kier alpha value is -2.62. The van der Waals surface area contributed by atoms with Gasteiger partial charge in [0.05, 0.1) is 11.3 Å². The van der Waals surface area contributed by atoms with Crippen LogP contribution in [-0.4, -0.2) is 23.3 Å². The Labute approximate surface area is 140 Å². The van der Waals surface area contributed by atoms with Gasteiger partial charge in [0.2, 0.25) is 0 Å². The summed E-state index contributed by atoms with van der Waals surface area (Å²) in [5, 5.41) is 11.2. The van der Waals surface area contributed by atoms with E-state index in [4.69, 9.17) is 14.7 Å². The first-order chi connectivity index (χ1) is 10.8. The maximum absolute atomic E-state index is 14.4. The number of hydrogen-bond donors (Lipinski definition) is 1. The van der Waals surface area contributed by atoms with E-state index in [1.807, 2.05) is 0 Å². The molecule has 0 heterocycles. The van der Waals surface area contributed by atoms with Gasteiger partial charge in [0, 0.05) is 0 Å². The van der Waals surface area contributed by atoms with E-state index in [2.05, 4.69) is 5.32 Å². The lowest BCUT2D eigenvalue weighted by Crippen LogP contribution is -2.29. The lowest BCUT2D eigenvalue weighted by molar-refractivity contribution is 0.00660. The number of amides is 1. The lowest BCUT2D eigenvalue weighted by Gasteiger charge is -2.22. The lowest BCUT2D eigenvalue weighted by atomic mass is 10.1. The summed E-state index contributed by atoms with van der Waals surface area (Å²) in [4.78, 5) is 24.2. The molecule has 1 aromatic rings. The van der Waals surface area contributed by atoms with Crippen LogP contribution in [0, 0.1) is 17.1 Å². The molecule has 0 saturated carbocycles. The Morgan fingerprint density at radius 3 is 2.08 bits per heavy atom. The van der Waals surface area contributed by atoms with Crippen LogP contribution in [0.1, 0.15) is 57.5 Å². The van der Waals surface area contributed by atoms with Gasteiger partial charge in [-0.15, -0.1) is 0 Å². The number of rotatable bonds is 2. The molecule has 0 spiro atoms. The highest BCUT2D eigenvalue weighted by molar-refractivity contribution is 6.00. The van der Waals surface area contributed by atoms with Gasteiger partial charge < -0.3 is 9.47 Å². The molecular weight excluding hydrogens is 315 g/mol. The number of nitrogens with one attached hydrogen (secondary N) is 1. The monoisotopic (exact) mass is 336 g/mol. The highest BCUT2D eigenvalue weighted by Gasteiger charge is 2.27. The van der Waals surface area contributed by atoms with Crippen LogP contribution in [0.2, 0.25) is 0 Å². The van der Waals surface area contributed by atoms with E-state index in [1.54, 1.807) is 47.6 Å². The van der Waals surface area contributed by atoms with Gasteiger partial charge in [0.15, 0.2) is 5.82 Å². The molecule has 0 unspecified atom stereocenters. The Morgan fingerprint density at radius 2 is 1.62 bits per heavy atom. The second-order valence-electron chi connectivity index (χ2n) is 7.09. The minimum Gasteiger partial charge on any atom is -0.456 e. The molecular formula is C17H21FN2O4. The molecule has 0 aromatic heterocycles. The number of nitrogens with zero attached hydrogens (tertiary/aromatic N) is 1. The van der Waals surface area contributed by atoms with Gasteiger partial charge in [-0.1, -0.05) is 0 Å². The van der Waals surface area contributed by atoms with Crippen LogP contribution in [0.5, 0.6) is 0 Å². The van der Waals surface area contributed by atoms with Gasteiger partial charge in [-0.05, 0) is 53.7 Å². The molecule has 1 N–H and O–H groups in total. The van der Waals surface area contributed by atoms with Gasteiger partial charge in [-0.3, -0.25) is 5.32 Å². The zero-order chi connectivity index (χ0) is 18.7. The SMILES string of the molecule is CC(C)(C)OC(=O)Nc1ccc(C#N)c(F)c1C(=O)OC(C)(C)C. The molecule has 0 saturated heterocycles. The van der Waals surface area contributed by atoms with Crippen molar-refractivity contribution >= 4 is 17.7 Å². The maximum atomic E-state index is 14.4. The van der Waals surface area contributed by atoms with Crippen molar-refractivity contribution in [3.05, 3.63) is 29.1 Å². The Bertz CT molecular complexity index is 694. The van der Waals surface area contributed by atoms with Crippen molar-refractivity contribution < 1.29 is 23.5 Å². The van der Waals surface area contributed by atoms with E-state index in [0.717, 1.165) is 6.07 Å². The van der Waals surface area contributed by atoms with Gasteiger partial charge in [-0.2, -0.15) is 5.26 Å². The summed E-state index contributed by atoms with van der Waals surface area (Å²) in [7, 11) is 0. The number of nitriles is 1. The van der Waals surface area contributed by atoms with Gasteiger partial charge in [0.1, 0.15) is 22.8 Å². The molecule has 0 aliphatic rings. The molecule has 7 heteroatoms. The third kappa shape index (κ3) is 5.54. The maximum Gasteiger partial charge on any atom is 0.412 e. The molecule has 0 aliphatic carbocycles. The van der Waals surface area contributed by atoms with Crippen LogP contribution in [0.25, 0.3) is 0 Å². The van der Waals surface area contributed by atoms with E-state index in [0.29, 0.717) is 0 Å². The molecule has 1 amide bonds. The van der Waals surface area contributed by atoms with Crippen LogP contribution in [-0.2, 0) is 9.47 Å². The first-order valence-corrected chi connectivity index (χ1v) is 7.30. The van der Waals surface area contributed by atoms with Crippen LogP contribution in [0.3, 0.4) is 0 Å². The van der Waals surface area contributed by atoms with E-state index >= 15 is 0 Å². The number of carbonyl (C=O) groups excluding carboxylic acids is 2. The molecule has 0 fully saturated rings.